The second-order valence-corrected chi connectivity index (χ2v) is 9.02. The Kier molecular flexibility index (Phi) is 5.93. The van der Waals surface area contributed by atoms with Gasteiger partial charge < -0.3 is 11.1 Å². The predicted octanol–water partition coefficient (Wildman–Crippen LogP) is 4.00. The van der Waals surface area contributed by atoms with Gasteiger partial charge in [0.2, 0.25) is 5.91 Å². The van der Waals surface area contributed by atoms with Gasteiger partial charge in [0.15, 0.2) is 11.7 Å². The number of carbonyl (C=O) groups is 1. The van der Waals surface area contributed by atoms with Crippen molar-refractivity contribution in [2.45, 2.75) is 44.0 Å². The molecule has 0 saturated carbocycles. The average molecular weight is 538 g/mol. The highest BCUT2D eigenvalue weighted by atomic mass is 19.4. The number of amides is 1. The van der Waals surface area contributed by atoms with Crippen LogP contribution < -0.4 is 16.5 Å². The Morgan fingerprint density at radius 2 is 1.82 bits per heavy atom. The van der Waals surface area contributed by atoms with Gasteiger partial charge in [-0.05, 0) is 37.5 Å². The minimum atomic E-state index is -4.54. The summed E-state index contributed by atoms with van der Waals surface area (Å²) in [5, 5.41) is 4.12. The Morgan fingerprint density at radius 3 is 2.47 bits per heavy atom. The van der Waals surface area contributed by atoms with E-state index in [9.17, 15) is 31.1 Å². The van der Waals surface area contributed by atoms with Crippen LogP contribution in [0.2, 0.25) is 0 Å². The molecule has 1 unspecified atom stereocenters. The summed E-state index contributed by atoms with van der Waals surface area (Å²) in [6, 6.07) is 4.15. The summed E-state index contributed by atoms with van der Waals surface area (Å²) in [5.74, 6) is -0.222. The molecular formula is C23H20F6N8O. The third-order valence-electron chi connectivity index (χ3n) is 6.48. The molecule has 0 aliphatic carbocycles. The van der Waals surface area contributed by atoms with Gasteiger partial charge >= 0.3 is 12.4 Å². The molecule has 0 fully saturated rings. The Balaban J connectivity index is 1.49. The van der Waals surface area contributed by atoms with E-state index in [0.29, 0.717) is 11.5 Å². The highest BCUT2D eigenvalue weighted by Crippen LogP contribution is 2.45. The molecule has 3 aliphatic heterocycles. The smallest absolute Gasteiger partial charge is 0.383 e. The second-order valence-electron chi connectivity index (χ2n) is 9.02. The molecule has 9 nitrogen and oxygen atoms in total. The maximum Gasteiger partial charge on any atom is 0.416 e. The number of carbonyl (C=O) groups excluding carboxylic acids is 1. The summed E-state index contributed by atoms with van der Waals surface area (Å²) in [7, 11) is 0. The minimum Gasteiger partial charge on any atom is -0.383 e. The summed E-state index contributed by atoms with van der Waals surface area (Å²) >= 11 is 0. The molecule has 3 aliphatic rings. The van der Waals surface area contributed by atoms with Crippen LogP contribution in [0.4, 0.5) is 38.0 Å². The number of benzene rings is 1. The maximum absolute atomic E-state index is 13.1. The SMILES string of the molecule is CC1(c2ccc(C(F)(F)F)cc2)C(=O)Nc2nc(C3=CN4NCN=C4C(CCCC(F)(F)F)=N3)nc(N)c21. The number of halogens is 6. The van der Waals surface area contributed by atoms with Crippen LogP contribution >= 0.6 is 0 Å². The molecular weight excluding hydrogens is 518 g/mol. The summed E-state index contributed by atoms with van der Waals surface area (Å²) < 4.78 is 77.0. The van der Waals surface area contributed by atoms with E-state index in [2.05, 4.69) is 30.7 Å². The van der Waals surface area contributed by atoms with Gasteiger partial charge in [-0.25, -0.2) is 25.4 Å². The maximum atomic E-state index is 13.1. The van der Waals surface area contributed by atoms with E-state index in [1.165, 1.54) is 30.3 Å². The molecule has 1 amide bonds. The van der Waals surface area contributed by atoms with Crippen molar-refractivity contribution in [1.29, 1.82) is 0 Å². The van der Waals surface area contributed by atoms with Crippen LogP contribution in [0.3, 0.4) is 0 Å². The number of alkyl halides is 6. The number of rotatable bonds is 5. The van der Waals surface area contributed by atoms with Crippen LogP contribution in [0.15, 0.2) is 40.5 Å². The largest absolute Gasteiger partial charge is 0.416 e. The van der Waals surface area contributed by atoms with Crippen LogP contribution in [0.1, 0.15) is 48.7 Å². The zero-order valence-corrected chi connectivity index (χ0v) is 19.7. The lowest BCUT2D eigenvalue weighted by Crippen LogP contribution is -2.39. The number of hydrogen-bond acceptors (Lipinski definition) is 8. The Labute approximate surface area is 211 Å². The molecule has 1 aromatic heterocycles. The number of nitrogens with zero attached hydrogens (tertiary/aromatic N) is 5. The van der Waals surface area contributed by atoms with Crippen molar-refractivity contribution >= 4 is 34.8 Å². The number of aromatic nitrogens is 2. The van der Waals surface area contributed by atoms with E-state index in [-0.39, 0.29) is 53.8 Å². The van der Waals surface area contributed by atoms with Gasteiger partial charge in [0.05, 0.1) is 23.0 Å². The second kappa shape index (κ2) is 8.79. The van der Waals surface area contributed by atoms with E-state index >= 15 is 0 Å². The number of nitrogens with one attached hydrogen (secondary N) is 2. The number of anilines is 2. The number of amidine groups is 1. The summed E-state index contributed by atoms with van der Waals surface area (Å²) in [4.78, 5) is 30.4. The molecule has 0 spiro atoms. The Bertz CT molecular complexity index is 1400. The zero-order valence-electron chi connectivity index (χ0n) is 19.7. The van der Waals surface area contributed by atoms with Crippen LogP contribution in [-0.4, -0.2) is 45.3 Å². The Morgan fingerprint density at radius 1 is 1.11 bits per heavy atom. The van der Waals surface area contributed by atoms with Crippen molar-refractivity contribution in [3.63, 3.8) is 0 Å². The molecule has 2 aromatic rings. The first kappa shape index (κ1) is 25.6. The molecule has 4 heterocycles. The van der Waals surface area contributed by atoms with Crippen molar-refractivity contribution < 1.29 is 31.1 Å². The van der Waals surface area contributed by atoms with Crippen molar-refractivity contribution in [2.24, 2.45) is 9.98 Å². The monoisotopic (exact) mass is 538 g/mol. The fourth-order valence-corrected chi connectivity index (χ4v) is 4.54. The van der Waals surface area contributed by atoms with E-state index in [1.807, 2.05) is 0 Å². The molecule has 200 valence electrons. The summed E-state index contributed by atoms with van der Waals surface area (Å²) in [6.45, 7) is 1.70. The number of nitrogens with two attached hydrogens (primary N) is 1. The van der Waals surface area contributed by atoms with E-state index in [1.54, 1.807) is 0 Å². The first-order chi connectivity index (χ1) is 17.8. The minimum absolute atomic E-state index is 0.000657. The number of hydrazine groups is 1. The summed E-state index contributed by atoms with van der Waals surface area (Å²) in [6.07, 6.45) is -8.53. The quantitative estimate of drug-likeness (QED) is 0.495. The molecule has 0 radical (unpaired) electrons. The molecule has 0 saturated heterocycles. The van der Waals surface area contributed by atoms with Gasteiger partial charge in [0.1, 0.15) is 29.4 Å². The van der Waals surface area contributed by atoms with E-state index in [4.69, 9.17) is 5.73 Å². The lowest BCUT2D eigenvalue weighted by Gasteiger charge is -2.24. The number of aliphatic imine (C=N–C) groups is 2. The van der Waals surface area contributed by atoms with Gasteiger partial charge in [-0.3, -0.25) is 9.80 Å². The number of nitrogen functional groups attached to an aromatic ring is 1. The third kappa shape index (κ3) is 4.46. The first-order valence-corrected chi connectivity index (χ1v) is 11.4. The van der Waals surface area contributed by atoms with Crippen molar-refractivity contribution in [1.82, 2.24) is 20.4 Å². The van der Waals surface area contributed by atoms with Crippen molar-refractivity contribution in [2.75, 3.05) is 17.7 Å². The number of fused-ring (bicyclic) bond motifs is 2. The highest BCUT2D eigenvalue weighted by molar-refractivity contribution is 6.43. The van der Waals surface area contributed by atoms with Crippen LogP contribution in [-0.2, 0) is 16.4 Å². The number of hydrogen-bond donors (Lipinski definition) is 3. The van der Waals surface area contributed by atoms with Gasteiger partial charge in [0.25, 0.3) is 0 Å². The first-order valence-electron chi connectivity index (χ1n) is 11.4. The Hall–Kier alpha value is -4.01. The lowest BCUT2D eigenvalue weighted by atomic mass is 9.77. The van der Waals surface area contributed by atoms with Crippen LogP contribution in [0.25, 0.3) is 5.70 Å². The molecule has 5 rings (SSSR count). The van der Waals surface area contributed by atoms with Crippen LogP contribution in [0, 0.1) is 0 Å². The van der Waals surface area contributed by atoms with Crippen molar-refractivity contribution in [3.05, 3.63) is 53.0 Å². The fraction of sp³-hybridized carbons (Fsp3) is 0.348. The van der Waals surface area contributed by atoms with E-state index < -0.39 is 35.7 Å². The average Bonchev–Trinajstić information content (AvgIpc) is 3.40. The fourth-order valence-electron chi connectivity index (χ4n) is 4.54. The van der Waals surface area contributed by atoms with Crippen molar-refractivity contribution in [3.8, 4) is 0 Å². The molecule has 1 atom stereocenters. The predicted molar refractivity (Wildman–Crippen MR) is 126 cm³/mol. The van der Waals surface area contributed by atoms with Gasteiger partial charge in [-0.2, -0.15) is 26.3 Å². The topological polar surface area (TPSA) is 121 Å². The molecule has 15 heteroatoms. The zero-order chi connectivity index (χ0) is 27.5. The van der Waals surface area contributed by atoms with Gasteiger partial charge in [-0.1, -0.05) is 12.1 Å². The standard InChI is InChI=1S/C23H20F6N8O/c1-21(11-4-6-12(7-5-11)23(27,28)29)15-16(30)34-17(35-18(15)36-20(21)38)14-9-37-19(31-10-32-37)13(33-14)3-2-8-22(24,25)26/h4-7,9,32H,2-3,8,10H2,1H3,(H3,30,34,35,36,38). The van der Waals surface area contributed by atoms with Gasteiger partial charge in [-0.15, -0.1) is 0 Å². The van der Waals surface area contributed by atoms with Crippen LogP contribution in [0.5, 0.6) is 0 Å². The van der Waals surface area contributed by atoms with E-state index in [0.717, 1.165) is 12.1 Å². The lowest BCUT2D eigenvalue weighted by molar-refractivity contribution is -0.137. The highest BCUT2D eigenvalue weighted by Gasteiger charge is 2.48. The normalized spacial score (nSPS) is 21.0. The molecule has 4 N–H and O–H groups in total. The summed E-state index contributed by atoms with van der Waals surface area (Å²) in [5.41, 5.74) is 7.77. The molecule has 1 aromatic carbocycles. The van der Waals surface area contributed by atoms with Gasteiger partial charge in [0, 0.05) is 6.42 Å². The molecule has 0 bridgehead atoms. The molecule has 38 heavy (non-hydrogen) atoms. The third-order valence-corrected chi connectivity index (χ3v) is 6.48.